The maximum atomic E-state index is 12.3. The van der Waals surface area contributed by atoms with Crippen LogP contribution in [0, 0.1) is 0 Å². The quantitative estimate of drug-likeness (QED) is 0.779. The van der Waals surface area contributed by atoms with Crippen molar-refractivity contribution in [3.8, 4) is 0 Å². The van der Waals surface area contributed by atoms with E-state index in [1.54, 1.807) is 35.5 Å². The first kappa shape index (κ1) is 15.1. The van der Waals surface area contributed by atoms with Gasteiger partial charge in [-0.1, -0.05) is 29.3 Å². The molecule has 3 rings (SSSR count). The van der Waals surface area contributed by atoms with E-state index in [9.17, 15) is 4.79 Å². The monoisotopic (exact) mass is 332 g/mol. The lowest BCUT2D eigenvalue weighted by atomic mass is 9.99. The van der Waals surface area contributed by atoms with Crippen LogP contribution in [-0.4, -0.2) is 22.3 Å². The Balaban J connectivity index is 1.76. The van der Waals surface area contributed by atoms with Crippen LogP contribution in [0.5, 0.6) is 0 Å². The summed E-state index contributed by atoms with van der Waals surface area (Å²) in [6, 6.07) is 7.33. The van der Waals surface area contributed by atoms with Crippen molar-refractivity contribution < 1.29 is 4.79 Å². The third-order valence-electron chi connectivity index (χ3n) is 3.71. The Morgan fingerprint density at radius 2 is 1.95 bits per heavy atom. The number of hydrogen-bond donors (Lipinski definition) is 0. The molecule has 1 aromatic carbocycles. The molecule has 22 heavy (non-hydrogen) atoms. The molecule has 3 nitrogen and oxygen atoms in total. The van der Waals surface area contributed by atoms with E-state index in [1.165, 1.54) is 0 Å². The highest BCUT2D eigenvalue weighted by Crippen LogP contribution is 2.31. The first-order chi connectivity index (χ1) is 10.6. The van der Waals surface area contributed by atoms with Crippen LogP contribution in [0.1, 0.15) is 16.7 Å². The zero-order chi connectivity index (χ0) is 15.5. The Morgan fingerprint density at radius 3 is 2.68 bits per heavy atom. The van der Waals surface area contributed by atoms with Gasteiger partial charge in [-0.2, -0.15) is 0 Å². The Bertz CT molecular complexity index is 729. The maximum absolute atomic E-state index is 12.3. The minimum absolute atomic E-state index is 0.0365. The first-order valence-electron chi connectivity index (χ1n) is 6.98. The Hall–Kier alpha value is -1.84. The second-order valence-electron chi connectivity index (χ2n) is 5.12. The van der Waals surface area contributed by atoms with E-state index in [0.717, 1.165) is 28.1 Å². The van der Waals surface area contributed by atoms with E-state index in [4.69, 9.17) is 23.2 Å². The van der Waals surface area contributed by atoms with Gasteiger partial charge >= 0.3 is 0 Å². The molecule has 0 bridgehead atoms. The second-order valence-corrected chi connectivity index (χ2v) is 5.93. The summed E-state index contributed by atoms with van der Waals surface area (Å²) in [6.45, 7) is 1.13. The summed E-state index contributed by atoms with van der Waals surface area (Å²) in [5, 5.41) is 1.38. The average molecular weight is 333 g/mol. The second kappa shape index (κ2) is 6.51. The molecule has 0 atom stereocenters. The molecule has 5 heteroatoms. The molecule has 1 aliphatic heterocycles. The summed E-state index contributed by atoms with van der Waals surface area (Å²) < 4.78 is 0. The van der Waals surface area contributed by atoms with Crippen molar-refractivity contribution in [2.24, 2.45) is 0 Å². The van der Waals surface area contributed by atoms with Crippen molar-refractivity contribution in [1.82, 2.24) is 9.88 Å². The number of carbonyl (C=O) groups is 1. The molecule has 1 aliphatic rings. The van der Waals surface area contributed by atoms with E-state index in [1.807, 2.05) is 18.2 Å². The molecule has 2 aromatic rings. The zero-order valence-electron chi connectivity index (χ0n) is 11.8. The molecule has 1 aromatic heterocycles. The molecule has 0 N–H and O–H groups in total. The average Bonchev–Trinajstić information content (AvgIpc) is 2.57. The van der Waals surface area contributed by atoms with Crippen molar-refractivity contribution in [3.63, 3.8) is 0 Å². The predicted molar refractivity (Wildman–Crippen MR) is 88.9 cm³/mol. The highest BCUT2D eigenvalue weighted by molar-refractivity contribution is 6.34. The molecule has 112 valence electrons. The number of benzene rings is 1. The van der Waals surface area contributed by atoms with Gasteiger partial charge in [0, 0.05) is 41.6 Å². The highest BCUT2D eigenvalue weighted by atomic mass is 35.5. The number of carbonyl (C=O) groups excluding carboxylic acids is 1. The van der Waals surface area contributed by atoms with Gasteiger partial charge in [0.25, 0.3) is 0 Å². The molecule has 0 unspecified atom stereocenters. The number of hydrogen-bond acceptors (Lipinski definition) is 2. The van der Waals surface area contributed by atoms with Gasteiger partial charge < -0.3 is 4.90 Å². The molecule has 1 amide bonds. The Morgan fingerprint density at radius 1 is 1.18 bits per heavy atom. The standard InChI is InChI=1S/C17H14Cl2N2O/c18-15-4-5-16(19)14-11-21(9-7-13(14)15)17(22)6-3-12-2-1-8-20-10-12/h1-6,8,10H,7,9,11H2/b6-3+. The summed E-state index contributed by atoms with van der Waals surface area (Å²) in [5.74, 6) is -0.0365. The van der Waals surface area contributed by atoms with Crippen molar-refractivity contribution in [1.29, 1.82) is 0 Å². The minimum Gasteiger partial charge on any atom is -0.334 e. The van der Waals surface area contributed by atoms with Crippen LogP contribution in [0.25, 0.3) is 6.08 Å². The summed E-state index contributed by atoms with van der Waals surface area (Å²) in [4.78, 5) is 18.1. The lowest BCUT2D eigenvalue weighted by Crippen LogP contribution is -2.35. The van der Waals surface area contributed by atoms with Gasteiger partial charge in [-0.15, -0.1) is 0 Å². The van der Waals surface area contributed by atoms with E-state index in [0.29, 0.717) is 18.1 Å². The van der Waals surface area contributed by atoms with Gasteiger partial charge in [0.2, 0.25) is 5.91 Å². The normalized spacial score (nSPS) is 14.2. The van der Waals surface area contributed by atoms with Crippen LogP contribution < -0.4 is 0 Å². The zero-order valence-corrected chi connectivity index (χ0v) is 13.3. The summed E-state index contributed by atoms with van der Waals surface area (Å²) >= 11 is 12.4. The molecule has 0 aliphatic carbocycles. The van der Waals surface area contributed by atoms with E-state index < -0.39 is 0 Å². The molecular weight excluding hydrogens is 319 g/mol. The highest BCUT2D eigenvalue weighted by Gasteiger charge is 2.22. The number of nitrogens with zero attached hydrogens (tertiary/aromatic N) is 2. The van der Waals surface area contributed by atoms with Crippen molar-refractivity contribution >= 4 is 35.2 Å². The Kier molecular flexibility index (Phi) is 4.46. The van der Waals surface area contributed by atoms with E-state index in [2.05, 4.69) is 4.98 Å². The number of amides is 1. The predicted octanol–water partition coefficient (Wildman–Crippen LogP) is 3.99. The lowest BCUT2D eigenvalue weighted by Gasteiger charge is -2.29. The van der Waals surface area contributed by atoms with Crippen LogP contribution in [0.15, 0.2) is 42.7 Å². The van der Waals surface area contributed by atoms with Crippen LogP contribution >= 0.6 is 23.2 Å². The number of aromatic nitrogens is 1. The molecular formula is C17H14Cl2N2O. The minimum atomic E-state index is -0.0365. The third kappa shape index (κ3) is 3.16. The molecule has 0 radical (unpaired) electrons. The largest absolute Gasteiger partial charge is 0.334 e. The molecule has 0 saturated carbocycles. The van der Waals surface area contributed by atoms with Gasteiger partial charge in [-0.05, 0) is 47.4 Å². The smallest absolute Gasteiger partial charge is 0.246 e. The van der Waals surface area contributed by atoms with Crippen LogP contribution in [0.3, 0.4) is 0 Å². The van der Waals surface area contributed by atoms with Crippen molar-refractivity contribution in [2.45, 2.75) is 13.0 Å². The Labute approximate surface area is 139 Å². The van der Waals surface area contributed by atoms with Crippen molar-refractivity contribution in [3.05, 3.63) is 69.5 Å². The summed E-state index contributed by atoms with van der Waals surface area (Å²) in [6.07, 6.45) is 7.48. The fourth-order valence-corrected chi connectivity index (χ4v) is 3.04. The maximum Gasteiger partial charge on any atom is 0.246 e. The molecule has 2 heterocycles. The summed E-state index contributed by atoms with van der Waals surface area (Å²) in [7, 11) is 0. The third-order valence-corrected chi connectivity index (χ3v) is 4.42. The number of rotatable bonds is 2. The van der Waals surface area contributed by atoms with Gasteiger partial charge in [-0.3, -0.25) is 9.78 Å². The van der Waals surface area contributed by atoms with Gasteiger partial charge in [0.1, 0.15) is 0 Å². The van der Waals surface area contributed by atoms with Gasteiger partial charge in [0.15, 0.2) is 0 Å². The van der Waals surface area contributed by atoms with Gasteiger partial charge in [0.05, 0.1) is 0 Å². The van der Waals surface area contributed by atoms with Crippen LogP contribution in [0.4, 0.5) is 0 Å². The van der Waals surface area contributed by atoms with E-state index in [-0.39, 0.29) is 5.91 Å². The number of fused-ring (bicyclic) bond motifs is 1. The molecule has 0 spiro atoms. The summed E-state index contributed by atoms with van der Waals surface area (Å²) in [5.41, 5.74) is 2.90. The number of pyridine rings is 1. The topological polar surface area (TPSA) is 33.2 Å². The van der Waals surface area contributed by atoms with Gasteiger partial charge in [-0.25, -0.2) is 0 Å². The van der Waals surface area contributed by atoms with E-state index >= 15 is 0 Å². The SMILES string of the molecule is O=C(/C=C/c1cccnc1)N1CCc2c(Cl)ccc(Cl)c2C1. The van der Waals surface area contributed by atoms with Crippen LogP contribution in [0.2, 0.25) is 10.0 Å². The van der Waals surface area contributed by atoms with Crippen LogP contribution in [-0.2, 0) is 17.8 Å². The fraction of sp³-hybridized carbons (Fsp3) is 0.176. The molecule has 0 fully saturated rings. The molecule has 0 saturated heterocycles. The number of halogens is 2. The lowest BCUT2D eigenvalue weighted by molar-refractivity contribution is -0.126. The fourth-order valence-electron chi connectivity index (χ4n) is 2.53. The van der Waals surface area contributed by atoms with Crippen molar-refractivity contribution in [2.75, 3.05) is 6.54 Å². The first-order valence-corrected chi connectivity index (χ1v) is 7.73.